The lowest BCUT2D eigenvalue weighted by Crippen LogP contribution is -2.20. The molecule has 0 aromatic heterocycles. The van der Waals surface area contributed by atoms with Crippen molar-refractivity contribution in [1.29, 1.82) is 0 Å². The van der Waals surface area contributed by atoms with Crippen molar-refractivity contribution in [2.24, 2.45) is 5.73 Å². The topological polar surface area (TPSA) is 26.0 Å². The Balaban J connectivity index is 4.42. The smallest absolute Gasteiger partial charge is 0.139 e. The van der Waals surface area contributed by atoms with E-state index in [-0.39, 0.29) is 0 Å². The molecule has 8 heavy (non-hydrogen) atoms. The van der Waals surface area contributed by atoms with Gasteiger partial charge in [-0.3, -0.25) is 0 Å². The molecule has 0 saturated carbocycles. The van der Waals surface area contributed by atoms with Gasteiger partial charge in [0.25, 0.3) is 0 Å². The van der Waals surface area contributed by atoms with Crippen molar-refractivity contribution in [3.63, 3.8) is 0 Å². The first-order chi connectivity index (χ1) is 3.50. The van der Waals surface area contributed by atoms with Crippen LogP contribution in [0.5, 0.6) is 0 Å². The molecule has 0 spiro atoms. The maximum Gasteiger partial charge on any atom is 0.139 e. The van der Waals surface area contributed by atoms with Crippen LogP contribution in [0.25, 0.3) is 0 Å². The van der Waals surface area contributed by atoms with Crippen molar-refractivity contribution in [1.82, 2.24) is 0 Å². The van der Waals surface area contributed by atoms with E-state index in [0.717, 1.165) is 5.75 Å². The van der Waals surface area contributed by atoms with E-state index in [4.69, 9.17) is 28.1 Å². The van der Waals surface area contributed by atoms with Gasteiger partial charge in [0.2, 0.25) is 0 Å². The molecule has 0 amide bonds. The predicted octanol–water partition coefficient (Wildman–Crippen LogP) is 0.328. The molecule has 48 valence electrons. The lowest BCUT2D eigenvalue weighted by molar-refractivity contribution is 1.53. The first kappa shape index (κ1) is 8.68. The first-order valence-electron chi connectivity index (χ1n) is 2.03. The second kappa shape index (κ2) is 3.00. The van der Waals surface area contributed by atoms with Gasteiger partial charge in [0.1, 0.15) is 4.32 Å². The molecule has 0 aromatic carbocycles. The monoisotopic (exact) mass is 185 g/mol. The van der Waals surface area contributed by atoms with Gasteiger partial charge in [-0.05, 0) is 29.5 Å². The summed E-state index contributed by atoms with van der Waals surface area (Å²) < 4.78 is 0.324. The summed E-state index contributed by atoms with van der Waals surface area (Å²) >= 11 is 14.4. The zero-order valence-electron chi connectivity index (χ0n) is 4.42. The van der Waals surface area contributed by atoms with Crippen LogP contribution < -0.4 is 5.73 Å². The molecule has 5 heteroatoms. The van der Waals surface area contributed by atoms with Gasteiger partial charge in [-0.25, -0.2) is 0 Å². The van der Waals surface area contributed by atoms with Crippen molar-refractivity contribution in [3.8, 4) is 0 Å². The number of thiocarbonyl (C=S) groups is 1. The minimum atomic E-state index is -1.56. The van der Waals surface area contributed by atoms with Crippen LogP contribution in [0.4, 0.5) is 0 Å². The Morgan fingerprint density at radius 2 is 2.00 bits per heavy atom. The molecule has 0 bridgehead atoms. The Morgan fingerprint density at radius 3 is 2.00 bits per heavy atom. The quantitative estimate of drug-likeness (QED) is 0.595. The highest BCUT2D eigenvalue weighted by Crippen LogP contribution is 1.89. The Labute approximate surface area is 64.4 Å². The molecule has 0 saturated heterocycles. The molecular formula is C3H7NS4. The maximum atomic E-state index is 5.24. The molecule has 0 aliphatic rings. The molecule has 0 aliphatic carbocycles. The number of rotatable bonds is 1. The van der Waals surface area contributed by atoms with Gasteiger partial charge < -0.3 is 5.73 Å². The van der Waals surface area contributed by atoms with Gasteiger partial charge in [0.15, 0.2) is 0 Å². The van der Waals surface area contributed by atoms with E-state index in [9.17, 15) is 0 Å². The first-order valence-corrected chi connectivity index (χ1v) is 6.09. The summed E-state index contributed by atoms with van der Waals surface area (Å²) in [6, 6.07) is 0. The Kier molecular flexibility index (Phi) is 3.26. The zero-order chi connectivity index (χ0) is 6.78. The summed E-state index contributed by atoms with van der Waals surface area (Å²) in [6.45, 7) is 1.91. The Hall–Kier alpha value is 0.680. The Bertz CT molecular complexity index is 177. The summed E-state index contributed by atoms with van der Waals surface area (Å²) in [6.07, 6.45) is 0. The molecule has 0 aliphatic heterocycles. The minimum Gasteiger partial charge on any atom is -0.384 e. The fraction of sp³-hybridized carbons (Fsp3) is 0.667. The minimum absolute atomic E-state index is 0.324. The second-order valence-corrected chi connectivity index (χ2v) is 8.21. The van der Waals surface area contributed by atoms with E-state index in [1.807, 2.05) is 6.92 Å². The average Bonchev–Trinajstić information content (AvgIpc) is 1.67. The van der Waals surface area contributed by atoms with Crippen LogP contribution in [-0.4, -0.2) is 10.1 Å². The molecule has 0 unspecified atom stereocenters. The highest BCUT2D eigenvalue weighted by Gasteiger charge is 1.99. The van der Waals surface area contributed by atoms with E-state index < -0.39 is 7.15 Å². The SMILES string of the molecule is CCS(=S)(=S)C(N)=S. The summed E-state index contributed by atoms with van der Waals surface area (Å²) in [5, 5.41) is 0. The zero-order valence-corrected chi connectivity index (χ0v) is 7.68. The van der Waals surface area contributed by atoms with Crippen molar-refractivity contribution >= 4 is 46.1 Å². The van der Waals surface area contributed by atoms with E-state index >= 15 is 0 Å². The van der Waals surface area contributed by atoms with Gasteiger partial charge in [-0.1, -0.05) is 19.1 Å². The van der Waals surface area contributed by atoms with Crippen LogP contribution in [0.2, 0.25) is 0 Å². The maximum absolute atomic E-state index is 5.24. The third-order valence-electron chi connectivity index (χ3n) is 0.687. The standard InChI is InChI=1S/C3H7NS4/c1-2-8(6,7)3(4)5/h2H2,1H3,(H2,4,5). The lowest BCUT2D eigenvalue weighted by atomic mass is 11.0. The van der Waals surface area contributed by atoms with Gasteiger partial charge >= 0.3 is 0 Å². The van der Waals surface area contributed by atoms with Crippen molar-refractivity contribution < 1.29 is 0 Å². The molecule has 0 atom stereocenters. The van der Waals surface area contributed by atoms with E-state index in [1.165, 1.54) is 0 Å². The van der Waals surface area contributed by atoms with Crippen molar-refractivity contribution in [2.45, 2.75) is 6.92 Å². The van der Waals surface area contributed by atoms with E-state index in [0.29, 0.717) is 4.32 Å². The van der Waals surface area contributed by atoms with Crippen LogP contribution in [0, 0.1) is 0 Å². The predicted molar refractivity (Wildman–Crippen MR) is 49.4 cm³/mol. The van der Waals surface area contributed by atoms with Crippen LogP contribution in [0.1, 0.15) is 6.92 Å². The third-order valence-corrected chi connectivity index (χ3v) is 6.04. The van der Waals surface area contributed by atoms with E-state index in [2.05, 4.69) is 12.2 Å². The van der Waals surface area contributed by atoms with Crippen LogP contribution in [0.15, 0.2) is 0 Å². The third kappa shape index (κ3) is 2.30. The highest BCUT2D eigenvalue weighted by atomic mass is 33.1. The molecule has 0 fully saturated rings. The Morgan fingerprint density at radius 1 is 1.62 bits per heavy atom. The average molecular weight is 185 g/mol. The number of hydrogen-bond donors (Lipinski definition) is 1. The summed E-state index contributed by atoms with van der Waals surface area (Å²) in [7, 11) is -1.56. The van der Waals surface area contributed by atoms with Crippen molar-refractivity contribution in [3.05, 3.63) is 0 Å². The van der Waals surface area contributed by atoms with Gasteiger partial charge in [0.05, 0.1) is 0 Å². The molecule has 0 rings (SSSR count). The van der Waals surface area contributed by atoms with Gasteiger partial charge in [-0.2, -0.15) is 0 Å². The summed E-state index contributed by atoms with van der Waals surface area (Å²) in [4.78, 5) is 0. The molecule has 0 aromatic rings. The lowest BCUT2D eigenvalue weighted by Gasteiger charge is -2.00. The normalized spacial score (nSPS) is 11.1. The fourth-order valence-electron chi connectivity index (χ4n) is 0.142. The highest BCUT2D eigenvalue weighted by molar-refractivity contribution is 8.65. The second-order valence-electron chi connectivity index (χ2n) is 1.22. The summed E-state index contributed by atoms with van der Waals surface area (Å²) in [5.41, 5.74) is 5.24. The molecular weight excluding hydrogens is 178 g/mol. The van der Waals surface area contributed by atoms with Gasteiger partial charge in [0, 0.05) is 5.75 Å². The molecule has 1 nitrogen and oxygen atoms in total. The van der Waals surface area contributed by atoms with Crippen LogP contribution in [-0.2, 0) is 29.5 Å². The van der Waals surface area contributed by atoms with Gasteiger partial charge in [-0.15, -0.1) is 0 Å². The summed E-state index contributed by atoms with van der Waals surface area (Å²) in [5.74, 6) is 0.729. The largest absolute Gasteiger partial charge is 0.384 e. The van der Waals surface area contributed by atoms with Crippen molar-refractivity contribution in [2.75, 3.05) is 5.75 Å². The van der Waals surface area contributed by atoms with Crippen LogP contribution >= 0.6 is 12.2 Å². The molecule has 0 radical (unpaired) electrons. The molecule has 0 heterocycles. The number of hydrogen-bond acceptors (Lipinski definition) is 3. The van der Waals surface area contributed by atoms with E-state index in [1.54, 1.807) is 0 Å². The number of nitrogens with two attached hydrogens (primary N) is 1. The van der Waals surface area contributed by atoms with Crippen LogP contribution in [0.3, 0.4) is 0 Å². The fourth-order valence-corrected chi connectivity index (χ4v) is 0.780. The molecule has 2 N–H and O–H groups in total.